The van der Waals surface area contributed by atoms with E-state index < -0.39 is 12.0 Å². The fourth-order valence-corrected chi connectivity index (χ4v) is 3.08. The second-order valence-electron chi connectivity index (χ2n) is 5.00. The lowest BCUT2D eigenvalue weighted by Gasteiger charge is -2.35. The summed E-state index contributed by atoms with van der Waals surface area (Å²) in [7, 11) is 0. The molecule has 1 aromatic rings. The van der Waals surface area contributed by atoms with Gasteiger partial charge in [-0.25, -0.2) is 9.59 Å². The summed E-state index contributed by atoms with van der Waals surface area (Å²) in [4.78, 5) is 26.1. The maximum Gasteiger partial charge on any atom is 0.338 e. The average molecular weight is 383 g/mol. The standard InChI is InChI=1S/C16H19BrN2O4/c1-3-23-15(21)13-10(2)19(8-9-20)16(22)18-14(13)11-6-4-5-7-12(11)17/h4-7,14,20H,3,8-9H2,1-2H3,(H,18,22)/t14-/m0/s1. The number of esters is 1. The fourth-order valence-electron chi connectivity index (χ4n) is 2.57. The van der Waals surface area contributed by atoms with Gasteiger partial charge < -0.3 is 15.2 Å². The van der Waals surface area contributed by atoms with Gasteiger partial charge in [0.25, 0.3) is 0 Å². The maximum absolute atomic E-state index is 12.4. The van der Waals surface area contributed by atoms with Gasteiger partial charge in [0.1, 0.15) is 0 Å². The zero-order valence-corrected chi connectivity index (χ0v) is 14.6. The molecule has 0 spiro atoms. The van der Waals surface area contributed by atoms with Crippen LogP contribution in [0, 0.1) is 0 Å². The van der Waals surface area contributed by atoms with Crippen LogP contribution >= 0.6 is 15.9 Å². The van der Waals surface area contributed by atoms with Gasteiger partial charge in [-0.3, -0.25) is 4.90 Å². The first-order valence-corrected chi connectivity index (χ1v) is 8.11. The molecule has 2 amide bonds. The molecule has 23 heavy (non-hydrogen) atoms. The molecule has 1 heterocycles. The maximum atomic E-state index is 12.4. The molecule has 2 rings (SSSR count). The number of β-amino-alcohol motifs (C(OH)–C–C–N with tert-alkyl or cyclic N) is 1. The molecule has 1 atom stereocenters. The molecule has 0 aliphatic carbocycles. The van der Waals surface area contributed by atoms with E-state index in [1.54, 1.807) is 13.8 Å². The van der Waals surface area contributed by atoms with Crippen molar-refractivity contribution in [2.24, 2.45) is 0 Å². The third-order valence-electron chi connectivity index (χ3n) is 3.63. The van der Waals surface area contributed by atoms with E-state index in [1.807, 2.05) is 24.3 Å². The van der Waals surface area contributed by atoms with Crippen molar-refractivity contribution < 1.29 is 19.4 Å². The molecule has 1 aliphatic rings. The van der Waals surface area contributed by atoms with Crippen LogP contribution in [0.5, 0.6) is 0 Å². The Hall–Kier alpha value is -1.86. The van der Waals surface area contributed by atoms with Crippen LogP contribution in [0.15, 0.2) is 40.0 Å². The second kappa shape index (κ2) is 7.61. The fraction of sp³-hybridized carbons (Fsp3) is 0.375. The summed E-state index contributed by atoms with van der Waals surface area (Å²) >= 11 is 3.45. The van der Waals surface area contributed by atoms with E-state index >= 15 is 0 Å². The van der Waals surface area contributed by atoms with Crippen LogP contribution in [0.3, 0.4) is 0 Å². The Morgan fingerprint density at radius 3 is 2.74 bits per heavy atom. The molecule has 0 saturated heterocycles. The number of carbonyl (C=O) groups excluding carboxylic acids is 2. The minimum atomic E-state index is -0.605. The lowest BCUT2D eigenvalue weighted by molar-refractivity contribution is -0.139. The molecule has 0 bridgehead atoms. The van der Waals surface area contributed by atoms with Gasteiger partial charge in [-0.2, -0.15) is 0 Å². The molecule has 1 aliphatic heterocycles. The number of halogens is 1. The number of allylic oxidation sites excluding steroid dienone is 1. The number of nitrogens with one attached hydrogen (secondary N) is 1. The van der Waals surface area contributed by atoms with E-state index in [1.165, 1.54) is 4.90 Å². The number of rotatable bonds is 5. The van der Waals surface area contributed by atoms with Crippen molar-refractivity contribution in [3.63, 3.8) is 0 Å². The summed E-state index contributed by atoms with van der Waals surface area (Å²) in [6.45, 7) is 3.58. The third kappa shape index (κ3) is 3.56. The Balaban J connectivity index is 2.54. The van der Waals surface area contributed by atoms with Crippen LogP contribution in [0.25, 0.3) is 0 Å². The number of carbonyl (C=O) groups is 2. The Labute approximate surface area is 143 Å². The quantitative estimate of drug-likeness (QED) is 0.766. The van der Waals surface area contributed by atoms with Crippen LogP contribution in [-0.2, 0) is 9.53 Å². The molecule has 0 unspecified atom stereocenters. The van der Waals surface area contributed by atoms with Crippen molar-refractivity contribution in [3.8, 4) is 0 Å². The van der Waals surface area contributed by atoms with Gasteiger partial charge in [0.15, 0.2) is 0 Å². The smallest absolute Gasteiger partial charge is 0.338 e. The van der Waals surface area contributed by atoms with Crippen LogP contribution in [-0.4, -0.2) is 41.8 Å². The van der Waals surface area contributed by atoms with E-state index in [-0.39, 0.29) is 25.8 Å². The highest BCUT2D eigenvalue weighted by atomic mass is 79.9. The second-order valence-corrected chi connectivity index (χ2v) is 5.85. The third-order valence-corrected chi connectivity index (χ3v) is 4.35. The Morgan fingerprint density at radius 1 is 1.43 bits per heavy atom. The summed E-state index contributed by atoms with van der Waals surface area (Å²) in [5.74, 6) is -0.478. The van der Waals surface area contributed by atoms with Crippen molar-refractivity contribution in [3.05, 3.63) is 45.6 Å². The number of hydrogen-bond acceptors (Lipinski definition) is 4. The highest BCUT2D eigenvalue weighted by Gasteiger charge is 2.36. The predicted molar refractivity (Wildman–Crippen MR) is 88.5 cm³/mol. The largest absolute Gasteiger partial charge is 0.463 e. The number of amides is 2. The molecular weight excluding hydrogens is 364 g/mol. The first kappa shape index (κ1) is 17.5. The SMILES string of the molecule is CCOC(=O)C1=C(C)N(CCO)C(=O)N[C@H]1c1ccccc1Br. The molecule has 6 nitrogen and oxygen atoms in total. The zero-order chi connectivity index (χ0) is 17.0. The molecule has 0 aromatic heterocycles. The zero-order valence-electron chi connectivity index (χ0n) is 13.0. The van der Waals surface area contributed by atoms with Crippen LogP contribution in [0.2, 0.25) is 0 Å². The summed E-state index contributed by atoms with van der Waals surface area (Å²) in [5.41, 5.74) is 1.63. The summed E-state index contributed by atoms with van der Waals surface area (Å²) < 4.78 is 5.94. The molecular formula is C16H19BrN2O4. The van der Waals surface area contributed by atoms with Crippen LogP contribution < -0.4 is 5.32 Å². The normalized spacial score (nSPS) is 18.0. The Bertz CT molecular complexity index is 645. The first-order chi connectivity index (χ1) is 11.0. The number of benzene rings is 1. The highest BCUT2D eigenvalue weighted by Crippen LogP contribution is 2.34. The summed E-state index contributed by atoms with van der Waals surface area (Å²) in [6.07, 6.45) is 0. The number of hydrogen-bond donors (Lipinski definition) is 2. The Kier molecular flexibility index (Phi) is 5.79. The van der Waals surface area contributed by atoms with Gasteiger partial charge in [-0.05, 0) is 25.5 Å². The van der Waals surface area contributed by atoms with Crippen molar-refractivity contribution in [2.75, 3.05) is 19.8 Å². The molecule has 0 radical (unpaired) electrons. The van der Waals surface area contributed by atoms with Gasteiger partial charge in [-0.1, -0.05) is 34.1 Å². The number of ether oxygens (including phenoxy) is 1. The predicted octanol–water partition coefficient (Wildman–Crippen LogP) is 2.34. The van der Waals surface area contributed by atoms with Crippen molar-refractivity contribution in [1.29, 1.82) is 0 Å². The molecule has 1 aromatic carbocycles. The van der Waals surface area contributed by atoms with E-state index in [0.29, 0.717) is 11.3 Å². The first-order valence-electron chi connectivity index (χ1n) is 7.32. The van der Waals surface area contributed by atoms with E-state index in [0.717, 1.165) is 10.0 Å². The van der Waals surface area contributed by atoms with Crippen molar-refractivity contribution in [2.45, 2.75) is 19.9 Å². The van der Waals surface area contributed by atoms with Gasteiger partial charge >= 0.3 is 12.0 Å². The number of nitrogens with zero attached hydrogens (tertiary/aromatic N) is 1. The molecule has 2 N–H and O–H groups in total. The van der Waals surface area contributed by atoms with E-state index in [2.05, 4.69) is 21.2 Å². The van der Waals surface area contributed by atoms with Crippen LogP contribution in [0.4, 0.5) is 4.79 Å². The van der Waals surface area contributed by atoms with Gasteiger partial charge in [0.05, 0.1) is 31.4 Å². The minimum absolute atomic E-state index is 0.114. The van der Waals surface area contributed by atoms with Gasteiger partial charge in [0.2, 0.25) is 0 Å². The van der Waals surface area contributed by atoms with Crippen molar-refractivity contribution >= 4 is 27.9 Å². The highest BCUT2D eigenvalue weighted by molar-refractivity contribution is 9.10. The van der Waals surface area contributed by atoms with Gasteiger partial charge in [0, 0.05) is 10.2 Å². The van der Waals surface area contributed by atoms with E-state index in [9.17, 15) is 9.59 Å². The lowest BCUT2D eigenvalue weighted by Crippen LogP contribution is -2.48. The topological polar surface area (TPSA) is 78.9 Å². The molecule has 7 heteroatoms. The average Bonchev–Trinajstić information content (AvgIpc) is 2.51. The molecule has 0 fully saturated rings. The summed E-state index contributed by atoms with van der Waals surface area (Å²) in [5, 5.41) is 12.0. The molecule has 124 valence electrons. The van der Waals surface area contributed by atoms with E-state index in [4.69, 9.17) is 9.84 Å². The number of aliphatic hydroxyl groups excluding tert-OH is 1. The van der Waals surface area contributed by atoms with Gasteiger partial charge in [-0.15, -0.1) is 0 Å². The Morgan fingerprint density at radius 2 is 2.13 bits per heavy atom. The monoisotopic (exact) mass is 382 g/mol. The molecule has 0 saturated carbocycles. The lowest BCUT2D eigenvalue weighted by atomic mass is 9.95. The summed E-state index contributed by atoms with van der Waals surface area (Å²) in [6, 6.07) is 6.42. The van der Waals surface area contributed by atoms with Crippen LogP contribution in [0.1, 0.15) is 25.5 Å². The van der Waals surface area contributed by atoms with Crippen molar-refractivity contribution in [1.82, 2.24) is 10.2 Å². The number of aliphatic hydroxyl groups is 1. The number of urea groups is 1. The minimum Gasteiger partial charge on any atom is -0.463 e.